The molecule has 2 aromatic heterocycles. The minimum atomic E-state index is 0.0191. The molecule has 2 aliphatic heterocycles. The Labute approximate surface area is 160 Å². The van der Waals surface area contributed by atoms with E-state index in [0.717, 1.165) is 57.8 Å². The third-order valence-electron chi connectivity index (χ3n) is 5.77. The number of likely N-dealkylation sites (tertiary alicyclic amines) is 1. The number of piperidine rings is 1. The molecule has 1 unspecified atom stereocenters. The molecule has 27 heavy (non-hydrogen) atoms. The van der Waals surface area contributed by atoms with Crippen LogP contribution in [-0.4, -0.2) is 52.3 Å². The molecule has 0 N–H and O–H groups in total. The van der Waals surface area contributed by atoms with Crippen LogP contribution < -0.4 is 5.56 Å². The Morgan fingerprint density at radius 1 is 1.15 bits per heavy atom. The topological polar surface area (TPSA) is 60.2 Å². The smallest absolute Gasteiger partial charge is 0.253 e. The lowest BCUT2D eigenvalue weighted by Gasteiger charge is -2.35. The summed E-state index contributed by atoms with van der Waals surface area (Å²) in [5.41, 5.74) is 1.58. The first kappa shape index (κ1) is 18.3. The lowest BCUT2D eigenvalue weighted by Crippen LogP contribution is -2.40. The normalized spacial score (nSPS) is 22.0. The van der Waals surface area contributed by atoms with Gasteiger partial charge in [0.05, 0.1) is 18.6 Å². The van der Waals surface area contributed by atoms with E-state index < -0.39 is 0 Å². The van der Waals surface area contributed by atoms with Crippen LogP contribution >= 0.6 is 0 Å². The maximum atomic E-state index is 12.5. The van der Waals surface area contributed by atoms with Crippen LogP contribution in [0.25, 0.3) is 11.3 Å². The van der Waals surface area contributed by atoms with Crippen molar-refractivity contribution < 1.29 is 4.74 Å². The van der Waals surface area contributed by atoms with Crippen LogP contribution in [0.15, 0.2) is 41.7 Å². The highest BCUT2D eigenvalue weighted by atomic mass is 16.5. The number of ether oxygens (including phenoxy) is 1. The highest BCUT2D eigenvalue weighted by Crippen LogP contribution is 2.22. The molecule has 0 aliphatic carbocycles. The minimum Gasteiger partial charge on any atom is -0.381 e. The van der Waals surface area contributed by atoms with Gasteiger partial charge in [0, 0.05) is 43.7 Å². The van der Waals surface area contributed by atoms with E-state index in [2.05, 4.69) is 14.9 Å². The second-order valence-corrected chi connectivity index (χ2v) is 7.83. The van der Waals surface area contributed by atoms with Crippen molar-refractivity contribution >= 4 is 0 Å². The zero-order valence-electron chi connectivity index (χ0n) is 15.8. The van der Waals surface area contributed by atoms with E-state index >= 15 is 0 Å². The van der Waals surface area contributed by atoms with Gasteiger partial charge in [-0.05, 0) is 62.7 Å². The van der Waals surface area contributed by atoms with E-state index in [0.29, 0.717) is 17.5 Å². The number of rotatable bonds is 5. The van der Waals surface area contributed by atoms with Crippen molar-refractivity contribution in [3.05, 3.63) is 47.3 Å². The number of nitrogens with zero attached hydrogens (tertiary/aromatic N) is 4. The van der Waals surface area contributed by atoms with Crippen molar-refractivity contribution in [1.82, 2.24) is 19.4 Å². The Bertz CT molecular complexity index is 778. The molecule has 2 saturated heterocycles. The highest BCUT2D eigenvalue weighted by molar-refractivity contribution is 5.56. The molecule has 0 amide bonds. The Balaban J connectivity index is 1.30. The van der Waals surface area contributed by atoms with Crippen LogP contribution in [0.2, 0.25) is 0 Å². The van der Waals surface area contributed by atoms with Gasteiger partial charge in [0.1, 0.15) is 0 Å². The third-order valence-corrected chi connectivity index (χ3v) is 5.77. The summed E-state index contributed by atoms with van der Waals surface area (Å²) in [5, 5.41) is 0. The maximum absolute atomic E-state index is 12.5. The van der Waals surface area contributed by atoms with Gasteiger partial charge in [-0.2, -0.15) is 0 Å². The molecule has 6 nitrogen and oxygen atoms in total. The minimum absolute atomic E-state index is 0.0191. The molecule has 0 spiro atoms. The Kier molecular flexibility index (Phi) is 5.94. The van der Waals surface area contributed by atoms with E-state index in [4.69, 9.17) is 4.74 Å². The molecule has 2 aliphatic rings. The van der Waals surface area contributed by atoms with Crippen molar-refractivity contribution in [1.29, 1.82) is 0 Å². The fourth-order valence-electron chi connectivity index (χ4n) is 4.18. The highest BCUT2D eigenvalue weighted by Gasteiger charge is 2.23. The van der Waals surface area contributed by atoms with Crippen LogP contribution in [0.1, 0.15) is 25.7 Å². The summed E-state index contributed by atoms with van der Waals surface area (Å²) in [7, 11) is 0. The van der Waals surface area contributed by atoms with Gasteiger partial charge in [-0.25, -0.2) is 4.98 Å². The average molecular weight is 368 g/mol. The second-order valence-electron chi connectivity index (χ2n) is 7.83. The molecule has 2 aromatic rings. The molecular weight excluding hydrogens is 340 g/mol. The molecule has 6 heteroatoms. The first-order valence-electron chi connectivity index (χ1n) is 10.0. The van der Waals surface area contributed by atoms with Crippen LogP contribution in [0.4, 0.5) is 0 Å². The predicted molar refractivity (Wildman–Crippen MR) is 104 cm³/mol. The van der Waals surface area contributed by atoms with Crippen LogP contribution in [-0.2, 0) is 11.3 Å². The van der Waals surface area contributed by atoms with Crippen molar-refractivity contribution in [3.63, 3.8) is 0 Å². The molecule has 0 aromatic carbocycles. The monoisotopic (exact) mass is 368 g/mol. The Morgan fingerprint density at radius 3 is 2.74 bits per heavy atom. The summed E-state index contributed by atoms with van der Waals surface area (Å²) in [6.45, 7) is 6.02. The van der Waals surface area contributed by atoms with Gasteiger partial charge in [-0.15, -0.1) is 0 Å². The van der Waals surface area contributed by atoms with Crippen LogP contribution in [0.5, 0.6) is 0 Å². The molecule has 2 fully saturated rings. The summed E-state index contributed by atoms with van der Waals surface area (Å²) in [4.78, 5) is 23.6. The van der Waals surface area contributed by atoms with E-state index in [9.17, 15) is 4.79 Å². The number of hydrogen-bond acceptors (Lipinski definition) is 5. The first-order valence-corrected chi connectivity index (χ1v) is 10.0. The van der Waals surface area contributed by atoms with Gasteiger partial charge in [0.2, 0.25) is 0 Å². The van der Waals surface area contributed by atoms with Crippen molar-refractivity contribution in [2.45, 2.75) is 32.2 Å². The van der Waals surface area contributed by atoms with E-state index in [1.54, 1.807) is 29.4 Å². The van der Waals surface area contributed by atoms with Gasteiger partial charge in [-0.3, -0.25) is 14.3 Å². The van der Waals surface area contributed by atoms with Crippen molar-refractivity contribution in [3.8, 4) is 11.3 Å². The summed E-state index contributed by atoms with van der Waals surface area (Å²) >= 11 is 0. The Morgan fingerprint density at radius 2 is 2.04 bits per heavy atom. The zero-order chi connectivity index (χ0) is 18.5. The Hall–Kier alpha value is -2.05. The predicted octanol–water partition coefficient (Wildman–Crippen LogP) is 2.44. The van der Waals surface area contributed by atoms with Crippen molar-refractivity contribution in [2.75, 3.05) is 32.8 Å². The first-order chi connectivity index (χ1) is 13.3. The maximum Gasteiger partial charge on any atom is 0.253 e. The van der Waals surface area contributed by atoms with Crippen molar-refractivity contribution in [2.24, 2.45) is 11.8 Å². The second kappa shape index (κ2) is 8.76. The SMILES string of the molecule is O=c1cc(-c2cccnc2)ncn1CC1CCN(CC2CCCOC2)CC1. The van der Waals surface area contributed by atoms with Crippen LogP contribution in [0, 0.1) is 11.8 Å². The molecule has 1 atom stereocenters. The van der Waals surface area contributed by atoms with Gasteiger partial charge in [-0.1, -0.05) is 0 Å². The molecule has 144 valence electrons. The summed E-state index contributed by atoms with van der Waals surface area (Å²) in [6, 6.07) is 5.40. The third kappa shape index (κ3) is 4.82. The van der Waals surface area contributed by atoms with E-state index in [-0.39, 0.29) is 5.56 Å². The lowest BCUT2D eigenvalue weighted by molar-refractivity contribution is 0.0320. The lowest BCUT2D eigenvalue weighted by atomic mass is 9.94. The van der Waals surface area contributed by atoms with Gasteiger partial charge in [0.25, 0.3) is 5.56 Å². The van der Waals surface area contributed by atoms with Gasteiger partial charge in [0.15, 0.2) is 0 Å². The molecular formula is C21H28N4O2. The fraction of sp³-hybridized carbons (Fsp3) is 0.571. The zero-order valence-corrected chi connectivity index (χ0v) is 15.8. The molecule has 4 rings (SSSR count). The number of hydrogen-bond donors (Lipinski definition) is 0. The number of aromatic nitrogens is 3. The molecule has 0 bridgehead atoms. The standard InChI is InChI=1S/C21H28N4O2/c26-21-11-20(19-4-1-7-22-12-19)23-16-25(21)14-17-5-8-24(9-6-17)13-18-3-2-10-27-15-18/h1,4,7,11-12,16-18H,2-3,5-6,8-10,13-15H2. The van der Waals surface area contributed by atoms with Gasteiger partial charge < -0.3 is 9.64 Å². The molecule has 4 heterocycles. The van der Waals surface area contributed by atoms with E-state index in [1.807, 2.05) is 12.1 Å². The van der Waals surface area contributed by atoms with Gasteiger partial charge >= 0.3 is 0 Å². The summed E-state index contributed by atoms with van der Waals surface area (Å²) in [5.74, 6) is 1.25. The summed E-state index contributed by atoms with van der Waals surface area (Å²) < 4.78 is 7.36. The van der Waals surface area contributed by atoms with Crippen LogP contribution in [0.3, 0.4) is 0 Å². The molecule has 0 radical (unpaired) electrons. The average Bonchev–Trinajstić information content (AvgIpc) is 2.72. The molecule has 0 saturated carbocycles. The number of pyridine rings is 1. The largest absolute Gasteiger partial charge is 0.381 e. The quantitative estimate of drug-likeness (QED) is 0.811. The fourth-order valence-corrected chi connectivity index (χ4v) is 4.18. The van der Waals surface area contributed by atoms with E-state index in [1.165, 1.54) is 12.8 Å². The summed E-state index contributed by atoms with van der Waals surface area (Å²) in [6.07, 6.45) is 9.93.